The van der Waals surface area contributed by atoms with Crippen molar-refractivity contribution in [3.63, 3.8) is 0 Å². The Bertz CT molecular complexity index is 487. The molecule has 0 aromatic heterocycles. The van der Waals surface area contributed by atoms with Gasteiger partial charge in [0.2, 0.25) is 5.91 Å². The summed E-state index contributed by atoms with van der Waals surface area (Å²) in [4.78, 5) is 12.2. The summed E-state index contributed by atoms with van der Waals surface area (Å²) in [6, 6.07) is 5.58. The van der Waals surface area contributed by atoms with E-state index in [1.165, 1.54) is 12.8 Å². The first-order valence-electron chi connectivity index (χ1n) is 7.43. The monoisotopic (exact) mass is 354 g/mol. The minimum Gasteiger partial charge on any atom is -0.497 e. The van der Waals surface area contributed by atoms with Crippen LogP contribution in [0.2, 0.25) is 0 Å². The first-order valence-corrected chi connectivity index (χ1v) is 8.23. The van der Waals surface area contributed by atoms with Gasteiger partial charge in [-0.05, 0) is 49.9 Å². The van der Waals surface area contributed by atoms with Crippen molar-refractivity contribution in [1.29, 1.82) is 0 Å². The standard InChI is InChI=1S/C16H23BrN2O2/c1-11(12-4-3-5-18-10-12)6-16(20)19-14-7-13(17)8-15(9-14)21-2/h7-9,11-12,18H,3-6,10H2,1-2H3,(H,19,20). The van der Waals surface area contributed by atoms with Crippen LogP contribution in [0, 0.1) is 11.8 Å². The van der Waals surface area contributed by atoms with Crippen molar-refractivity contribution in [3.8, 4) is 5.75 Å². The largest absolute Gasteiger partial charge is 0.497 e. The third kappa shape index (κ3) is 5.00. The molecule has 1 aromatic carbocycles. The van der Waals surface area contributed by atoms with E-state index in [1.54, 1.807) is 7.11 Å². The SMILES string of the molecule is COc1cc(Br)cc(NC(=O)CC(C)C2CCCNC2)c1. The molecule has 2 unspecified atom stereocenters. The predicted octanol–water partition coefficient (Wildman–Crippen LogP) is 3.42. The number of hydrogen-bond donors (Lipinski definition) is 2. The van der Waals surface area contributed by atoms with Gasteiger partial charge in [-0.1, -0.05) is 22.9 Å². The van der Waals surface area contributed by atoms with Crippen LogP contribution in [-0.4, -0.2) is 26.1 Å². The maximum absolute atomic E-state index is 12.2. The highest BCUT2D eigenvalue weighted by Gasteiger charge is 2.22. The lowest BCUT2D eigenvalue weighted by atomic mass is 9.85. The first-order chi connectivity index (χ1) is 10.1. The molecular formula is C16H23BrN2O2. The molecule has 21 heavy (non-hydrogen) atoms. The zero-order valence-corrected chi connectivity index (χ0v) is 14.2. The molecule has 5 heteroatoms. The summed E-state index contributed by atoms with van der Waals surface area (Å²) < 4.78 is 6.09. The van der Waals surface area contributed by atoms with E-state index in [9.17, 15) is 4.79 Å². The normalized spacial score (nSPS) is 19.9. The zero-order valence-electron chi connectivity index (χ0n) is 12.6. The molecule has 0 bridgehead atoms. The lowest BCUT2D eigenvalue weighted by Gasteiger charge is -2.28. The van der Waals surface area contributed by atoms with Crippen molar-refractivity contribution in [3.05, 3.63) is 22.7 Å². The number of rotatable bonds is 5. The third-order valence-corrected chi connectivity index (χ3v) is 4.50. The molecule has 1 fully saturated rings. The second-order valence-electron chi connectivity index (χ2n) is 5.72. The van der Waals surface area contributed by atoms with Gasteiger partial charge in [-0.3, -0.25) is 4.79 Å². The number of hydrogen-bond acceptors (Lipinski definition) is 3. The molecule has 1 heterocycles. The fourth-order valence-corrected chi connectivity index (χ4v) is 3.26. The summed E-state index contributed by atoms with van der Waals surface area (Å²) in [5.74, 6) is 1.78. The van der Waals surface area contributed by atoms with Gasteiger partial charge in [-0.25, -0.2) is 0 Å². The highest BCUT2D eigenvalue weighted by atomic mass is 79.9. The van der Waals surface area contributed by atoms with Gasteiger partial charge in [-0.2, -0.15) is 0 Å². The molecule has 2 rings (SSSR count). The van der Waals surface area contributed by atoms with Crippen molar-refractivity contribution >= 4 is 27.5 Å². The van der Waals surface area contributed by atoms with Crippen LogP contribution < -0.4 is 15.4 Å². The molecule has 0 spiro atoms. The Labute approximate surface area is 134 Å². The smallest absolute Gasteiger partial charge is 0.224 e. The molecule has 2 atom stereocenters. The summed E-state index contributed by atoms with van der Waals surface area (Å²) in [6.07, 6.45) is 2.98. The van der Waals surface area contributed by atoms with Gasteiger partial charge >= 0.3 is 0 Å². The molecule has 1 aliphatic heterocycles. The van der Waals surface area contributed by atoms with E-state index in [0.29, 0.717) is 18.3 Å². The Balaban J connectivity index is 1.90. The molecule has 2 N–H and O–H groups in total. The topological polar surface area (TPSA) is 50.4 Å². The van der Waals surface area contributed by atoms with Crippen LogP contribution in [0.1, 0.15) is 26.2 Å². The van der Waals surface area contributed by atoms with E-state index in [0.717, 1.165) is 29.0 Å². The number of nitrogens with one attached hydrogen (secondary N) is 2. The van der Waals surface area contributed by atoms with Gasteiger partial charge < -0.3 is 15.4 Å². The fraction of sp³-hybridized carbons (Fsp3) is 0.562. The number of halogens is 1. The van der Waals surface area contributed by atoms with Gasteiger partial charge in [0, 0.05) is 22.6 Å². The van der Waals surface area contributed by atoms with Crippen molar-refractivity contribution < 1.29 is 9.53 Å². The van der Waals surface area contributed by atoms with Crippen molar-refractivity contribution in [2.75, 3.05) is 25.5 Å². The van der Waals surface area contributed by atoms with Crippen LogP contribution >= 0.6 is 15.9 Å². The predicted molar refractivity (Wildman–Crippen MR) is 88.7 cm³/mol. The Morgan fingerprint density at radius 3 is 3.00 bits per heavy atom. The van der Waals surface area contributed by atoms with E-state index in [1.807, 2.05) is 18.2 Å². The number of piperidine rings is 1. The molecule has 116 valence electrons. The molecule has 4 nitrogen and oxygen atoms in total. The Morgan fingerprint density at radius 2 is 2.33 bits per heavy atom. The van der Waals surface area contributed by atoms with E-state index in [2.05, 4.69) is 33.5 Å². The average Bonchev–Trinajstić information content (AvgIpc) is 2.47. The van der Waals surface area contributed by atoms with E-state index in [-0.39, 0.29) is 5.91 Å². The summed E-state index contributed by atoms with van der Waals surface area (Å²) in [7, 11) is 1.62. The second-order valence-corrected chi connectivity index (χ2v) is 6.63. The minimum absolute atomic E-state index is 0.0632. The number of anilines is 1. The zero-order chi connectivity index (χ0) is 15.2. The van der Waals surface area contributed by atoms with Crippen LogP contribution in [0.3, 0.4) is 0 Å². The van der Waals surface area contributed by atoms with Crippen LogP contribution in [0.5, 0.6) is 5.75 Å². The third-order valence-electron chi connectivity index (χ3n) is 4.04. The highest BCUT2D eigenvalue weighted by Crippen LogP contribution is 2.26. The van der Waals surface area contributed by atoms with Crippen molar-refractivity contribution in [1.82, 2.24) is 5.32 Å². The van der Waals surface area contributed by atoms with Gasteiger partial charge in [0.1, 0.15) is 5.75 Å². The average molecular weight is 355 g/mol. The number of carbonyl (C=O) groups excluding carboxylic acids is 1. The number of benzene rings is 1. The second kappa shape index (κ2) is 7.80. The molecular weight excluding hydrogens is 332 g/mol. The molecule has 0 aliphatic carbocycles. The fourth-order valence-electron chi connectivity index (χ4n) is 2.79. The van der Waals surface area contributed by atoms with Gasteiger partial charge in [0.05, 0.1) is 7.11 Å². The Morgan fingerprint density at radius 1 is 1.52 bits per heavy atom. The highest BCUT2D eigenvalue weighted by molar-refractivity contribution is 9.10. The van der Waals surface area contributed by atoms with Crippen LogP contribution in [-0.2, 0) is 4.79 Å². The van der Waals surface area contributed by atoms with Crippen LogP contribution in [0.4, 0.5) is 5.69 Å². The molecule has 0 radical (unpaired) electrons. The van der Waals surface area contributed by atoms with E-state index in [4.69, 9.17) is 4.74 Å². The molecule has 1 saturated heterocycles. The van der Waals surface area contributed by atoms with Crippen molar-refractivity contribution in [2.24, 2.45) is 11.8 Å². The number of carbonyl (C=O) groups is 1. The summed E-state index contributed by atoms with van der Waals surface area (Å²) in [5.41, 5.74) is 0.764. The van der Waals surface area contributed by atoms with Crippen LogP contribution in [0.15, 0.2) is 22.7 Å². The van der Waals surface area contributed by atoms with Gasteiger partial charge in [0.25, 0.3) is 0 Å². The van der Waals surface area contributed by atoms with Crippen molar-refractivity contribution in [2.45, 2.75) is 26.2 Å². The Kier molecular flexibility index (Phi) is 6.06. The number of amides is 1. The molecule has 1 amide bonds. The summed E-state index contributed by atoms with van der Waals surface area (Å²) in [6.45, 7) is 4.30. The molecule has 1 aliphatic rings. The lowest BCUT2D eigenvalue weighted by molar-refractivity contribution is -0.117. The maximum atomic E-state index is 12.2. The molecule has 1 aromatic rings. The summed E-state index contributed by atoms with van der Waals surface area (Å²) >= 11 is 3.42. The minimum atomic E-state index is 0.0632. The lowest BCUT2D eigenvalue weighted by Crippen LogP contribution is -2.34. The quantitative estimate of drug-likeness (QED) is 0.851. The maximum Gasteiger partial charge on any atom is 0.224 e. The number of methoxy groups -OCH3 is 1. The van der Waals surface area contributed by atoms with E-state index >= 15 is 0 Å². The van der Waals surface area contributed by atoms with Gasteiger partial charge in [0.15, 0.2) is 0 Å². The molecule has 0 saturated carbocycles. The first kappa shape index (κ1) is 16.3. The van der Waals surface area contributed by atoms with Gasteiger partial charge in [-0.15, -0.1) is 0 Å². The van der Waals surface area contributed by atoms with Crippen LogP contribution in [0.25, 0.3) is 0 Å². The summed E-state index contributed by atoms with van der Waals surface area (Å²) in [5, 5.41) is 6.36. The number of ether oxygens (including phenoxy) is 1. The van der Waals surface area contributed by atoms with E-state index < -0.39 is 0 Å². The Hall–Kier alpha value is -1.07.